The number of rotatable bonds is 10. The summed E-state index contributed by atoms with van der Waals surface area (Å²) in [5.41, 5.74) is 1.32. The molecular formula is C20H23N3O4. The Kier molecular flexibility index (Phi) is 9.74. The molecule has 0 heterocycles. The molecule has 7 nitrogen and oxygen atoms in total. The van der Waals surface area contributed by atoms with Crippen LogP contribution in [-0.4, -0.2) is 38.2 Å². The third-order valence-electron chi connectivity index (χ3n) is 3.49. The standard InChI is InChI=1S/C20H23N3O4/c1-5-7-12-27-20(25)15-23(14-19(24)26-6-2)17-10-8-16(9-11-17)13-18(21-3)22-4/h8-11,13H,5-7,12,14-15H2,1-2H3. The lowest BCUT2D eigenvalue weighted by molar-refractivity contribution is -0.142. The van der Waals surface area contributed by atoms with Crippen molar-refractivity contribution in [3.05, 3.63) is 58.5 Å². The molecular weight excluding hydrogens is 346 g/mol. The molecule has 0 radical (unpaired) electrons. The smallest absolute Gasteiger partial charge is 0.465 e. The van der Waals surface area contributed by atoms with Gasteiger partial charge in [-0.15, -0.1) is 0 Å². The molecule has 0 saturated carbocycles. The van der Waals surface area contributed by atoms with Crippen molar-refractivity contribution >= 4 is 23.7 Å². The van der Waals surface area contributed by atoms with Gasteiger partial charge in [-0.2, -0.15) is 9.69 Å². The zero-order chi connectivity index (χ0) is 20.1. The van der Waals surface area contributed by atoms with Crippen LogP contribution in [0, 0.1) is 13.1 Å². The van der Waals surface area contributed by atoms with E-state index in [2.05, 4.69) is 9.69 Å². The van der Waals surface area contributed by atoms with E-state index in [4.69, 9.17) is 22.6 Å². The van der Waals surface area contributed by atoms with E-state index in [1.54, 1.807) is 36.1 Å². The summed E-state index contributed by atoms with van der Waals surface area (Å²) in [6.07, 6.45) is 3.18. The van der Waals surface area contributed by atoms with Crippen molar-refractivity contribution in [3.63, 3.8) is 0 Å². The minimum absolute atomic E-state index is 0.0365. The maximum atomic E-state index is 12.0. The first-order valence-electron chi connectivity index (χ1n) is 8.66. The molecule has 0 N–H and O–H groups in total. The molecule has 7 heteroatoms. The summed E-state index contributed by atoms with van der Waals surface area (Å²) in [4.78, 5) is 31.7. The quantitative estimate of drug-likeness (QED) is 0.359. The highest BCUT2D eigenvalue weighted by Crippen LogP contribution is 2.18. The molecule has 0 aromatic heterocycles. The van der Waals surface area contributed by atoms with Gasteiger partial charge in [-0.3, -0.25) is 9.59 Å². The zero-order valence-electron chi connectivity index (χ0n) is 15.6. The molecule has 1 aromatic carbocycles. The number of hydrogen-bond acceptors (Lipinski definition) is 5. The van der Waals surface area contributed by atoms with E-state index in [0.29, 0.717) is 17.9 Å². The number of anilines is 1. The second kappa shape index (κ2) is 12.1. The lowest BCUT2D eigenvalue weighted by Gasteiger charge is -2.23. The Morgan fingerprint density at radius 1 is 1.04 bits per heavy atom. The van der Waals surface area contributed by atoms with Crippen LogP contribution < -0.4 is 4.90 Å². The molecule has 0 unspecified atom stereocenters. The predicted octanol–water partition coefficient (Wildman–Crippen LogP) is 3.54. The van der Waals surface area contributed by atoms with Crippen molar-refractivity contribution in [1.29, 1.82) is 0 Å². The van der Waals surface area contributed by atoms with E-state index in [1.807, 2.05) is 6.92 Å². The summed E-state index contributed by atoms with van der Waals surface area (Å²) in [6, 6.07) is 6.87. The molecule has 0 bridgehead atoms. The number of hydrogen-bond donors (Lipinski definition) is 0. The van der Waals surface area contributed by atoms with Gasteiger partial charge in [0.25, 0.3) is 0 Å². The molecule has 0 fully saturated rings. The van der Waals surface area contributed by atoms with Crippen molar-refractivity contribution in [2.45, 2.75) is 26.7 Å². The fraction of sp³-hybridized carbons (Fsp3) is 0.400. The fourth-order valence-electron chi connectivity index (χ4n) is 2.15. The van der Waals surface area contributed by atoms with Gasteiger partial charge < -0.3 is 14.4 Å². The van der Waals surface area contributed by atoms with E-state index in [-0.39, 0.29) is 25.5 Å². The SMILES string of the molecule is [C-]#[N+]C(=Cc1ccc(N(CC(=O)OCC)CC(=O)OCCCC)cc1)[N+]#[C-]. The average molecular weight is 369 g/mol. The Balaban J connectivity index is 2.93. The Morgan fingerprint density at radius 2 is 1.63 bits per heavy atom. The highest BCUT2D eigenvalue weighted by atomic mass is 16.5. The third kappa shape index (κ3) is 8.06. The second-order valence-electron chi connectivity index (χ2n) is 5.55. The van der Waals surface area contributed by atoms with Gasteiger partial charge in [-0.05, 0) is 31.0 Å². The van der Waals surface area contributed by atoms with Crippen LogP contribution in [0.1, 0.15) is 32.3 Å². The Hall–Kier alpha value is -3.32. The summed E-state index contributed by atoms with van der Waals surface area (Å²) in [5.74, 6) is -0.892. The maximum absolute atomic E-state index is 12.0. The van der Waals surface area contributed by atoms with Crippen LogP contribution in [0.4, 0.5) is 5.69 Å². The number of esters is 2. The van der Waals surface area contributed by atoms with Gasteiger partial charge >= 0.3 is 17.8 Å². The lowest BCUT2D eigenvalue weighted by atomic mass is 10.2. The van der Waals surface area contributed by atoms with Gasteiger partial charge in [0.2, 0.25) is 0 Å². The summed E-state index contributed by atoms with van der Waals surface area (Å²) >= 11 is 0. The maximum Gasteiger partial charge on any atom is 0.519 e. The minimum Gasteiger partial charge on any atom is -0.465 e. The molecule has 0 atom stereocenters. The van der Waals surface area contributed by atoms with Gasteiger partial charge in [0.05, 0.1) is 13.2 Å². The van der Waals surface area contributed by atoms with Gasteiger partial charge in [-0.1, -0.05) is 25.5 Å². The summed E-state index contributed by atoms with van der Waals surface area (Å²) in [5, 5.41) is 0. The first-order chi connectivity index (χ1) is 13.0. The minimum atomic E-state index is -0.439. The molecule has 0 aliphatic heterocycles. The Bertz CT molecular complexity index is 726. The number of nitrogens with zero attached hydrogens (tertiary/aromatic N) is 3. The van der Waals surface area contributed by atoms with Crippen molar-refractivity contribution in [1.82, 2.24) is 0 Å². The molecule has 0 spiro atoms. The van der Waals surface area contributed by atoms with Gasteiger partial charge in [0.1, 0.15) is 26.2 Å². The highest BCUT2D eigenvalue weighted by Gasteiger charge is 2.17. The van der Waals surface area contributed by atoms with Gasteiger partial charge in [0, 0.05) is 11.8 Å². The number of benzene rings is 1. The van der Waals surface area contributed by atoms with E-state index < -0.39 is 11.9 Å². The van der Waals surface area contributed by atoms with E-state index >= 15 is 0 Å². The van der Waals surface area contributed by atoms with Crippen LogP contribution in [-0.2, 0) is 19.1 Å². The molecule has 0 aliphatic carbocycles. The number of unbranched alkanes of at least 4 members (excludes halogenated alkanes) is 1. The second-order valence-corrected chi connectivity index (χ2v) is 5.55. The van der Waals surface area contributed by atoms with Crippen LogP contribution >= 0.6 is 0 Å². The number of carbonyl (C=O) groups excluding carboxylic acids is 2. The first kappa shape index (κ1) is 21.7. The topological polar surface area (TPSA) is 64.6 Å². The third-order valence-corrected chi connectivity index (χ3v) is 3.49. The molecule has 27 heavy (non-hydrogen) atoms. The Labute approximate surface area is 159 Å². The summed E-state index contributed by atoms with van der Waals surface area (Å²) in [6.45, 7) is 18.0. The van der Waals surface area contributed by atoms with Crippen molar-refractivity contribution in [2.24, 2.45) is 0 Å². The molecule has 1 aromatic rings. The molecule has 1 rings (SSSR count). The van der Waals surface area contributed by atoms with Crippen molar-refractivity contribution in [3.8, 4) is 0 Å². The monoisotopic (exact) mass is 369 g/mol. The van der Waals surface area contributed by atoms with Crippen LogP contribution in [0.25, 0.3) is 15.8 Å². The predicted molar refractivity (Wildman–Crippen MR) is 102 cm³/mol. The average Bonchev–Trinajstić information content (AvgIpc) is 2.66. The fourth-order valence-corrected chi connectivity index (χ4v) is 2.15. The van der Waals surface area contributed by atoms with Crippen molar-refractivity contribution in [2.75, 3.05) is 31.2 Å². The van der Waals surface area contributed by atoms with E-state index in [9.17, 15) is 9.59 Å². The van der Waals surface area contributed by atoms with Crippen LogP contribution in [0.2, 0.25) is 0 Å². The zero-order valence-corrected chi connectivity index (χ0v) is 15.6. The summed E-state index contributed by atoms with van der Waals surface area (Å²) in [7, 11) is 0. The number of carbonyl (C=O) groups is 2. The molecule has 0 aliphatic rings. The first-order valence-corrected chi connectivity index (χ1v) is 8.66. The van der Waals surface area contributed by atoms with E-state index in [1.165, 1.54) is 6.08 Å². The highest BCUT2D eigenvalue weighted by molar-refractivity contribution is 5.81. The van der Waals surface area contributed by atoms with E-state index in [0.717, 1.165) is 12.8 Å². The molecule has 0 saturated heterocycles. The Morgan fingerprint density at radius 3 is 2.15 bits per heavy atom. The lowest BCUT2D eigenvalue weighted by Crippen LogP contribution is -2.36. The van der Waals surface area contributed by atoms with Crippen LogP contribution in [0.5, 0.6) is 0 Å². The largest absolute Gasteiger partial charge is 0.519 e. The van der Waals surface area contributed by atoms with Crippen molar-refractivity contribution < 1.29 is 19.1 Å². The van der Waals surface area contributed by atoms with Crippen LogP contribution in [0.15, 0.2) is 30.1 Å². The van der Waals surface area contributed by atoms with Gasteiger partial charge in [-0.25, -0.2) is 0 Å². The number of ether oxygens (including phenoxy) is 2. The summed E-state index contributed by atoms with van der Waals surface area (Å²) < 4.78 is 10.1. The van der Waals surface area contributed by atoms with Crippen LogP contribution in [0.3, 0.4) is 0 Å². The normalized spacial score (nSPS) is 9.48. The van der Waals surface area contributed by atoms with Gasteiger partial charge in [0.15, 0.2) is 0 Å². The molecule has 0 amide bonds. The molecule has 142 valence electrons.